The standard InChI is InChI=1S/C30H31N4O6P/c1-6-29(35)33-25-13-23(14-26(16-25)37-5)24-15-27-28(22-11-9-10-21(12-22)17-31)19-34(30(27)32-18-24)20(4)40-41(36,38-7-2)39-8-3/h6,9-16,18-20H,1,7-8H2,2-5H3,(H,33,35). The van der Waals surface area contributed by atoms with E-state index in [1.807, 2.05) is 36.5 Å². The number of hydrogen-bond acceptors (Lipinski definition) is 8. The first kappa shape index (κ1) is 29.7. The Hall–Kier alpha value is -4.26. The Morgan fingerprint density at radius 2 is 1.90 bits per heavy atom. The van der Waals surface area contributed by atoms with Crippen LogP contribution >= 0.6 is 7.82 Å². The molecular formula is C30H31N4O6P. The van der Waals surface area contributed by atoms with Gasteiger partial charge in [-0.3, -0.25) is 18.4 Å². The summed E-state index contributed by atoms with van der Waals surface area (Å²) in [6.07, 6.45) is 3.95. The van der Waals surface area contributed by atoms with Gasteiger partial charge in [-0.1, -0.05) is 18.7 Å². The van der Waals surface area contributed by atoms with E-state index in [4.69, 9.17) is 23.3 Å². The number of phosphoric acid groups is 1. The van der Waals surface area contributed by atoms with Crippen LogP contribution in [0.25, 0.3) is 33.3 Å². The van der Waals surface area contributed by atoms with E-state index in [0.29, 0.717) is 22.6 Å². The Morgan fingerprint density at radius 1 is 1.15 bits per heavy atom. The van der Waals surface area contributed by atoms with Crippen LogP contribution in [0.15, 0.2) is 73.6 Å². The normalized spacial score (nSPS) is 12.1. The van der Waals surface area contributed by atoms with Crippen molar-refractivity contribution >= 4 is 30.5 Å². The molecule has 212 valence electrons. The first-order valence-corrected chi connectivity index (χ1v) is 14.4. The van der Waals surface area contributed by atoms with E-state index in [-0.39, 0.29) is 19.1 Å². The Morgan fingerprint density at radius 3 is 2.56 bits per heavy atom. The molecule has 1 N–H and O–H groups in total. The third kappa shape index (κ3) is 6.73. The molecule has 0 bridgehead atoms. The average Bonchev–Trinajstić information content (AvgIpc) is 3.36. The first-order chi connectivity index (χ1) is 19.7. The summed E-state index contributed by atoms with van der Waals surface area (Å²) in [5, 5.41) is 13.0. The van der Waals surface area contributed by atoms with Crippen molar-refractivity contribution in [3.63, 3.8) is 0 Å². The van der Waals surface area contributed by atoms with Crippen LogP contribution in [0.1, 0.15) is 32.6 Å². The quantitative estimate of drug-likeness (QED) is 0.140. The van der Waals surface area contributed by atoms with Crippen molar-refractivity contribution in [1.82, 2.24) is 9.55 Å². The summed E-state index contributed by atoms with van der Waals surface area (Å²) in [4.78, 5) is 16.7. The van der Waals surface area contributed by atoms with Crippen molar-refractivity contribution in [2.45, 2.75) is 27.0 Å². The molecule has 11 heteroatoms. The lowest BCUT2D eigenvalue weighted by Gasteiger charge is -2.22. The van der Waals surface area contributed by atoms with Crippen LogP contribution < -0.4 is 10.1 Å². The zero-order chi connectivity index (χ0) is 29.6. The van der Waals surface area contributed by atoms with Gasteiger partial charge in [-0.2, -0.15) is 5.26 Å². The topological polar surface area (TPSA) is 125 Å². The van der Waals surface area contributed by atoms with E-state index >= 15 is 0 Å². The Kier molecular flexibility index (Phi) is 9.38. The number of carbonyl (C=O) groups is 1. The molecular weight excluding hydrogens is 543 g/mol. The molecule has 0 aliphatic rings. The minimum Gasteiger partial charge on any atom is -0.497 e. The molecule has 0 saturated carbocycles. The van der Waals surface area contributed by atoms with E-state index in [1.165, 1.54) is 6.08 Å². The maximum Gasteiger partial charge on any atom is 0.476 e. The fourth-order valence-corrected chi connectivity index (χ4v) is 5.66. The van der Waals surface area contributed by atoms with Crippen molar-refractivity contribution < 1.29 is 27.7 Å². The largest absolute Gasteiger partial charge is 0.497 e. The molecule has 1 atom stereocenters. The SMILES string of the molecule is C=CC(=O)Nc1cc(OC)cc(-c2cnc3c(c2)c(-c2cccc(C#N)c2)cn3C(C)OP(=O)(OCC)OCC)c1. The lowest BCUT2D eigenvalue weighted by atomic mass is 10.0. The first-order valence-electron chi connectivity index (χ1n) is 13.0. The fourth-order valence-electron chi connectivity index (χ4n) is 4.35. The number of benzene rings is 2. The van der Waals surface area contributed by atoms with Gasteiger partial charge in [-0.05, 0) is 68.3 Å². The summed E-state index contributed by atoms with van der Waals surface area (Å²) in [5.74, 6) is 0.200. The van der Waals surface area contributed by atoms with Gasteiger partial charge in [0.1, 0.15) is 17.6 Å². The average molecular weight is 575 g/mol. The van der Waals surface area contributed by atoms with Crippen molar-refractivity contribution in [2.75, 3.05) is 25.6 Å². The van der Waals surface area contributed by atoms with Gasteiger partial charge in [0.2, 0.25) is 5.91 Å². The number of aromatic nitrogens is 2. The van der Waals surface area contributed by atoms with Crippen LogP contribution in [-0.2, 0) is 22.9 Å². The highest BCUT2D eigenvalue weighted by molar-refractivity contribution is 7.48. The van der Waals surface area contributed by atoms with Gasteiger partial charge in [0.05, 0.1) is 32.0 Å². The summed E-state index contributed by atoms with van der Waals surface area (Å²) < 4.78 is 36.9. The van der Waals surface area contributed by atoms with Gasteiger partial charge in [0.25, 0.3) is 0 Å². The number of anilines is 1. The second-order valence-electron chi connectivity index (χ2n) is 8.87. The van der Waals surface area contributed by atoms with Gasteiger partial charge < -0.3 is 14.6 Å². The molecule has 2 aromatic carbocycles. The number of nitrogens with zero attached hydrogens (tertiary/aromatic N) is 3. The maximum absolute atomic E-state index is 13.1. The number of nitriles is 1. The molecule has 4 aromatic rings. The molecule has 41 heavy (non-hydrogen) atoms. The molecule has 0 aliphatic heterocycles. The Bertz CT molecular complexity index is 1670. The van der Waals surface area contributed by atoms with Gasteiger partial charge in [-0.15, -0.1) is 0 Å². The molecule has 1 amide bonds. The van der Waals surface area contributed by atoms with E-state index in [2.05, 4.69) is 18.0 Å². The molecule has 10 nitrogen and oxygen atoms in total. The smallest absolute Gasteiger partial charge is 0.476 e. The molecule has 2 aromatic heterocycles. The van der Waals surface area contributed by atoms with Crippen molar-refractivity contribution in [2.24, 2.45) is 0 Å². The number of fused-ring (bicyclic) bond motifs is 1. The van der Waals surface area contributed by atoms with Crippen LogP contribution in [0.2, 0.25) is 0 Å². The molecule has 4 rings (SSSR count). The molecule has 0 spiro atoms. The number of hydrogen-bond donors (Lipinski definition) is 1. The number of phosphoric ester groups is 1. The highest BCUT2D eigenvalue weighted by atomic mass is 31.2. The molecule has 0 fully saturated rings. The lowest BCUT2D eigenvalue weighted by Crippen LogP contribution is -2.10. The minimum absolute atomic E-state index is 0.153. The monoisotopic (exact) mass is 574 g/mol. The number of pyridine rings is 1. The summed E-state index contributed by atoms with van der Waals surface area (Å²) >= 11 is 0. The number of nitrogens with one attached hydrogen (secondary N) is 1. The summed E-state index contributed by atoms with van der Waals surface area (Å²) in [6.45, 7) is 8.96. The number of rotatable bonds is 12. The minimum atomic E-state index is -3.83. The second-order valence-corrected chi connectivity index (χ2v) is 10.5. The molecule has 0 radical (unpaired) electrons. The van der Waals surface area contributed by atoms with Crippen LogP contribution in [0.5, 0.6) is 5.75 Å². The van der Waals surface area contributed by atoms with Crippen LogP contribution in [0.4, 0.5) is 5.69 Å². The molecule has 0 aliphatic carbocycles. The number of methoxy groups -OCH3 is 1. The number of carbonyl (C=O) groups excluding carboxylic acids is 1. The Balaban J connectivity index is 1.88. The van der Waals surface area contributed by atoms with Crippen LogP contribution in [0.3, 0.4) is 0 Å². The third-order valence-electron chi connectivity index (χ3n) is 6.15. The van der Waals surface area contributed by atoms with Gasteiger partial charge in [0.15, 0.2) is 0 Å². The lowest BCUT2D eigenvalue weighted by molar-refractivity contribution is -0.111. The number of amides is 1. The predicted octanol–water partition coefficient (Wildman–Crippen LogP) is 7.09. The highest BCUT2D eigenvalue weighted by Gasteiger charge is 2.30. The van der Waals surface area contributed by atoms with E-state index in [1.54, 1.807) is 56.8 Å². The van der Waals surface area contributed by atoms with E-state index in [0.717, 1.165) is 27.6 Å². The summed E-state index contributed by atoms with van der Waals surface area (Å²) in [7, 11) is -2.28. The molecule has 0 saturated heterocycles. The van der Waals surface area contributed by atoms with Gasteiger partial charge in [-0.25, -0.2) is 9.55 Å². The third-order valence-corrected chi connectivity index (χ3v) is 7.86. The van der Waals surface area contributed by atoms with Crippen LogP contribution in [0, 0.1) is 11.3 Å². The van der Waals surface area contributed by atoms with E-state index in [9.17, 15) is 14.6 Å². The van der Waals surface area contributed by atoms with Crippen LogP contribution in [-0.4, -0.2) is 35.8 Å². The maximum atomic E-state index is 13.1. The van der Waals surface area contributed by atoms with Crippen molar-refractivity contribution in [1.29, 1.82) is 5.26 Å². The second kappa shape index (κ2) is 12.9. The summed E-state index contributed by atoms with van der Waals surface area (Å²) in [6, 6.07) is 16.7. The predicted molar refractivity (Wildman–Crippen MR) is 157 cm³/mol. The molecule has 1 unspecified atom stereocenters. The summed E-state index contributed by atoms with van der Waals surface area (Å²) in [5.41, 5.74) is 4.68. The fraction of sp³-hybridized carbons (Fsp3) is 0.233. The van der Waals surface area contributed by atoms with Crippen molar-refractivity contribution in [3.05, 3.63) is 79.1 Å². The highest BCUT2D eigenvalue weighted by Crippen LogP contribution is 2.52. The zero-order valence-electron chi connectivity index (χ0n) is 23.3. The Labute approximate surface area is 238 Å². The van der Waals surface area contributed by atoms with Gasteiger partial charge >= 0.3 is 7.82 Å². The van der Waals surface area contributed by atoms with Crippen molar-refractivity contribution in [3.8, 4) is 34.1 Å². The van der Waals surface area contributed by atoms with Gasteiger partial charge in [0, 0.05) is 40.7 Å². The zero-order valence-corrected chi connectivity index (χ0v) is 24.2. The molecule has 2 heterocycles. The van der Waals surface area contributed by atoms with E-state index < -0.39 is 14.1 Å². The number of ether oxygens (including phenoxy) is 1.